The summed E-state index contributed by atoms with van der Waals surface area (Å²) < 4.78 is 10.6. The van der Waals surface area contributed by atoms with Gasteiger partial charge in [-0.05, 0) is 38.5 Å². The number of aliphatic hydroxyl groups is 1. The van der Waals surface area contributed by atoms with Gasteiger partial charge in [0.25, 0.3) is 0 Å². The molecule has 0 radical (unpaired) electrons. The summed E-state index contributed by atoms with van der Waals surface area (Å²) in [5.74, 6) is -0.595. The molecule has 1 atom stereocenters. The maximum atomic E-state index is 12.1. The molecule has 0 spiro atoms. The van der Waals surface area contributed by atoms with E-state index in [-0.39, 0.29) is 25.2 Å². The van der Waals surface area contributed by atoms with Crippen molar-refractivity contribution in [2.45, 2.75) is 193 Å². The molecule has 0 rings (SSSR count). The van der Waals surface area contributed by atoms with E-state index in [1.54, 1.807) is 0 Å². The van der Waals surface area contributed by atoms with Gasteiger partial charge in [-0.15, -0.1) is 0 Å². The standard InChI is InChI=1S/C36H68O5/c1-3-5-7-9-11-13-15-17-19-21-23-25-27-29-31-36(39)41-34(32-37)33-40-35(38)30-28-26-24-22-20-18-16-14-12-10-8-6-4-2/h14,16,34,37H,3-13,15,17-33H2,1-2H3/b16-14+/t34-/m0/s1. The van der Waals surface area contributed by atoms with Gasteiger partial charge in [0.1, 0.15) is 6.61 Å². The summed E-state index contributed by atoms with van der Waals surface area (Å²) in [6, 6.07) is 0. The third kappa shape index (κ3) is 31.4. The second-order valence-electron chi connectivity index (χ2n) is 12.0. The number of unbranched alkanes of at least 4 members (excludes halogenated alkanes) is 22. The zero-order chi connectivity index (χ0) is 30.1. The first-order chi connectivity index (χ1) is 20.1. The predicted octanol–water partition coefficient (Wildman–Crippen LogP) is 10.6. The largest absolute Gasteiger partial charge is 0.462 e. The molecule has 0 aromatic heterocycles. The monoisotopic (exact) mass is 581 g/mol. The highest BCUT2D eigenvalue weighted by atomic mass is 16.6. The van der Waals surface area contributed by atoms with Crippen LogP contribution >= 0.6 is 0 Å². The number of aliphatic hydroxyl groups excluding tert-OH is 1. The van der Waals surface area contributed by atoms with E-state index in [0.717, 1.165) is 44.9 Å². The van der Waals surface area contributed by atoms with E-state index < -0.39 is 6.10 Å². The summed E-state index contributed by atoms with van der Waals surface area (Å²) in [4.78, 5) is 24.1. The molecule has 0 unspecified atom stereocenters. The van der Waals surface area contributed by atoms with Crippen molar-refractivity contribution in [3.63, 3.8) is 0 Å². The summed E-state index contributed by atoms with van der Waals surface area (Å²) in [6.45, 7) is 4.11. The van der Waals surface area contributed by atoms with E-state index in [2.05, 4.69) is 26.0 Å². The number of esters is 2. The van der Waals surface area contributed by atoms with E-state index in [4.69, 9.17) is 9.47 Å². The van der Waals surface area contributed by atoms with Crippen molar-refractivity contribution in [3.05, 3.63) is 12.2 Å². The quantitative estimate of drug-likeness (QED) is 0.0487. The van der Waals surface area contributed by atoms with Crippen LogP contribution in [0.1, 0.15) is 187 Å². The number of carbonyl (C=O) groups is 2. The minimum absolute atomic E-state index is 0.0649. The summed E-state index contributed by atoms with van der Waals surface area (Å²) in [5, 5.41) is 9.51. The number of rotatable bonds is 32. The van der Waals surface area contributed by atoms with Crippen molar-refractivity contribution in [2.75, 3.05) is 13.2 Å². The van der Waals surface area contributed by atoms with Crippen LogP contribution in [-0.2, 0) is 19.1 Å². The van der Waals surface area contributed by atoms with Crippen molar-refractivity contribution in [1.82, 2.24) is 0 Å². The van der Waals surface area contributed by atoms with Gasteiger partial charge in [-0.2, -0.15) is 0 Å². The Balaban J connectivity index is 3.56. The van der Waals surface area contributed by atoms with E-state index in [1.807, 2.05) is 0 Å². The molecule has 0 aliphatic heterocycles. The predicted molar refractivity (Wildman–Crippen MR) is 173 cm³/mol. The lowest BCUT2D eigenvalue weighted by Gasteiger charge is -2.15. The summed E-state index contributed by atoms with van der Waals surface area (Å²) in [5.41, 5.74) is 0. The first-order valence-corrected chi connectivity index (χ1v) is 17.7. The van der Waals surface area contributed by atoms with Gasteiger partial charge in [0, 0.05) is 12.8 Å². The van der Waals surface area contributed by atoms with Gasteiger partial charge >= 0.3 is 11.9 Å². The van der Waals surface area contributed by atoms with Crippen LogP contribution in [0.4, 0.5) is 0 Å². The van der Waals surface area contributed by atoms with Crippen molar-refractivity contribution in [1.29, 1.82) is 0 Å². The first-order valence-electron chi connectivity index (χ1n) is 17.7. The smallest absolute Gasteiger partial charge is 0.306 e. The zero-order valence-electron chi connectivity index (χ0n) is 27.3. The Hall–Kier alpha value is -1.36. The van der Waals surface area contributed by atoms with Crippen LogP contribution in [0.25, 0.3) is 0 Å². The Morgan fingerprint density at radius 2 is 0.902 bits per heavy atom. The average Bonchev–Trinajstić information content (AvgIpc) is 2.97. The Kier molecular flexibility index (Phi) is 32.0. The highest BCUT2D eigenvalue weighted by molar-refractivity contribution is 5.70. The number of ether oxygens (including phenoxy) is 2. The van der Waals surface area contributed by atoms with Crippen LogP contribution in [0.2, 0.25) is 0 Å². The molecule has 0 aromatic rings. The molecule has 41 heavy (non-hydrogen) atoms. The molecule has 1 N–H and O–H groups in total. The number of allylic oxidation sites excluding steroid dienone is 2. The average molecular weight is 581 g/mol. The number of hydrogen-bond donors (Lipinski definition) is 1. The van der Waals surface area contributed by atoms with E-state index in [9.17, 15) is 14.7 Å². The molecule has 0 aliphatic carbocycles. The second-order valence-corrected chi connectivity index (χ2v) is 12.0. The molecule has 0 heterocycles. The van der Waals surface area contributed by atoms with Crippen molar-refractivity contribution in [3.8, 4) is 0 Å². The van der Waals surface area contributed by atoms with Gasteiger partial charge < -0.3 is 14.6 Å². The molecule has 0 saturated heterocycles. The maximum absolute atomic E-state index is 12.1. The van der Waals surface area contributed by atoms with Crippen LogP contribution in [0, 0.1) is 0 Å². The molecular weight excluding hydrogens is 512 g/mol. The lowest BCUT2D eigenvalue weighted by molar-refractivity contribution is -0.161. The zero-order valence-corrected chi connectivity index (χ0v) is 27.3. The molecule has 5 heteroatoms. The maximum Gasteiger partial charge on any atom is 0.306 e. The highest BCUT2D eigenvalue weighted by Gasteiger charge is 2.16. The van der Waals surface area contributed by atoms with Crippen LogP contribution in [0.5, 0.6) is 0 Å². The Bertz CT molecular complexity index is 589. The van der Waals surface area contributed by atoms with Crippen LogP contribution in [0.3, 0.4) is 0 Å². The van der Waals surface area contributed by atoms with E-state index in [1.165, 1.54) is 116 Å². The van der Waals surface area contributed by atoms with Gasteiger partial charge in [-0.1, -0.05) is 148 Å². The topological polar surface area (TPSA) is 72.8 Å². The van der Waals surface area contributed by atoms with Crippen LogP contribution in [-0.4, -0.2) is 36.4 Å². The van der Waals surface area contributed by atoms with Crippen molar-refractivity contribution in [2.24, 2.45) is 0 Å². The number of hydrogen-bond acceptors (Lipinski definition) is 5. The van der Waals surface area contributed by atoms with Crippen LogP contribution < -0.4 is 0 Å². The third-order valence-corrected chi connectivity index (χ3v) is 7.81. The summed E-state index contributed by atoms with van der Waals surface area (Å²) in [7, 11) is 0. The Morgan fingerprint density at radius 1 is 0.537 bits per heavy atom. The molecular formula is C36H68O5. The van der Waals surface area contributed by atoms with Gasteiger partial charge in [0.2, 0.25) is 0 Å². The molecule has 0 aromatic carbocycles. The van der Waals surface area contributed by atoms with Crippen molar-refractivity contribution >= 4 is 11.9 Å². The number of carbonyl (C=O) groups excluding carboxylic acids is 2. The molecule has 0 bridgehead atoms. The lowest BCUT2D eigenvalue weighted by Crippen LogP contribution is -2.28. The van der Waals surface area contributed by atoms with Crippen LogP contribution in [0.15, 0.2) is 12.2 Å². The molecule has 0 saturated carbocycles. The van der Waals surface area contributed by atoms with E-state index in [0.29, 0.717) is 12.8 Å². The van der Waals surface area contributed by atoms with Gasteiger partial charge in [-0.3, -0.25) is 9.59 Å². The fourth-order valence-corrected chi connectivity index (χ4v) is 5.08. The molecule has 0 amide bonds. The minimum Gasteiger partial charge on any atom is -0.462 e. The normalized spacial score (nSPS) is 12.2. The fraction of sp³-hybridized carbons (Fsp3) is 0.889. The van der Waals surface area contributed by atoms with E-state index >= 15 is 0 Å². The molecule has 5 nitrogen and oxygen atoms in total. The molecule has 0 fully saturated rings. The Labute approximate surface area is 254 Å². The SMILES string of the molecule is CCCCCC/C=C/CCCCCCCC(=O)OC[C@H](CO)OC(=O)CCCCCCCCCCCCCCCC. The van der Waals surface area contributed by atoms with Gasteiger partial charge in [-0.25, -0.2) is 0 Å². The molecule has 242 valence electrons. The summed E-state index contributed by atoms with van der Waals surface area (Å²) >= 11 is 0. The highest BCUT2D eigenvalue weighted by Crippen LogP contribution is 2.14. The Morgan fingerprint density at radius 3 is 1.34 bits per heavy atom. The fourth-order valence-electron chi connectivity index (χ4n) is 5.08. The summed E-state index contributed by atoms with van der Waals surface area (Å²) in [6.07, 6.45) is 35.5. The van der Waals surface area contributed by atoms with Crippen molar-refractivity contribution < 1.29 is 24.2 Å². The first kappa shape index (κ1) is 39.6. The third-order valence-electron chi connectivity index (χ3n) is 7.81. The van der Waals surface area contributed by atoms with Gasteiger partial charge in [0.15, 0.2) is 6.10 Å². The lowest BCUT2D eigenvalue weighted by atomic mass is 10.0. The minimum atomic E-state index is -0.766. The molecule has 0 aliphatic rings. The second kappa shape index (κ2) is 33.1. The van der Waals surface area contributed by atoms with Gasteiger partial charge in [0.05, 0.1) is 6.61 Å².